The topological polar surface area (TPSA) is 75.4 Å². The molecule has 0 unspecified atom stereocenters. The van der Waals surface area contributed by atoms with Gasteiger partial charge < -0.3 is 10.2 Å². The number of aromatic nitrogens is 4. The van der Waals surface area contributed by atoms with E-state index in [0.29, 0.717) is 18.3 Å². The summed E-state index contributed by atoms with van der Waals surface area (Å²) >= 11 is 0. The first-order valence-electron chi connectivity index (χ1n) is 8.90. The predicted molar refractivity (Wildman–Crippen MR) is 90.8 cm³/mol. The summed E-state index contributed by atoms with van der Waals surface area (Å²) in [6.45, 7) is 4.54. The van der Waals surface area contributed by atoms with Crippen LogP contribution in [-0.4, -0.2) is 45.4 Å². The van der Waals surface area contributed by atoms with Crippen LogP contribution in [0.3, 0.4) is 0 Å². The zero-order chi connectivity index (χ0) is 16.5. The van der Waals surface area contributed by atoms with Gasteiger partial charge in [-0.05, 0) is 37.8 Å². The average Bonchev–Trinajstić information content (AvgIpc) is 3.16. The highest BCUT2D eigenvalue weighted by Crippen LogP contribution is 2.27. The second-order valence-corrected chi connectivity index (χ2v) is 7.14. The first-order chi connectivity index (χ1) is 11.7. The van der Waals surface area contributed by atoms with Crippen molar-refractivity contribution < 1.29 is 4.79 Å². The van der Waals surface area contributed by atoms with E-state index in [4.69, 9.17) is 0 Å². The molecule has 3 heterocycles. The minimum absolute atomic E-state index is 0.222. The third-order valence-corrected chi connectivity index (χ3v) is 5.22. The van der Waals surface area contributed by atoms with Gasteiger partial charge >= 0.3 is 0 Å². The van der Waals surface area contributed by atoms with Gasteiger partial charge in [0.25, 0.3) is 0 Å². The highest BCUT2D eigenvalue weighted by Gasteiger charge is 2.29. The number of rotatable bonds is 5. The molecule has 2 aromatic rings. The van der Waals surface area contributed by atoms with Crippen molar-refractivity contribution in [2.45, 2.75) is 39.0 Å². The molecule has 7 heteroatoms. The number of nitrogens with one attached hydrogen (secondary N) is 1. The molecule has 1 amide bonds. The van der Waals surface area contributed by atoms with Crippen LogP contribution in [-0.2, 0) is 4.79 Å². The van der Waals surface area contributed by atoms with E-state index in [9.17, 15) is 4.79 Å². The maximum absolute atomic E-state index is 12.0. The number of hydrogen-bond donors (Lipinski definition) is 1. The second kappa shape index (κ2) is 6.37. The number of carbonyl (C=O) groups is 1. The molecule has 0 aromatic carbocycles. The zero-order valence-electron chi connectivity index (χ0n) is 14.1. The lowest BCUT2D eigenvalue weighted by atomic mass is 9.99. The Morgan fingerprint density at radius 2 is 2.00 bits per heavy atom. The van der Waals surface area contributed by atoms with Crippen LogP contribution in [0.5, 0.6) is 0 Å². The molecule has 1 aliphatic heterocycles. The van der Waals surface area contributed by atoms with Gasteiger partial charge in [0.15, 0.2) is 11.5 Å². The summed E-state index contributed by atoms with van der Waals surface area (Å²) in [6.07, 6.45) is 5.74. The van der Waals surface area contributed by atoms with Crippen LogP contribution < -0.4 is 10.2 Å². The summed E-state index contributed by atoms with van der Waals surface area (Å²) in [5, 5.41) is 15.8. The predicted octanol–water partition coefficient (Wildman–Crippen LogP) is 1.57. The summed E-state index contributed by atoms with van der Waals surface area (Å²) in [4.78, 5) is 14.2. The minimum Gasteiger partial charge on any atom is -0.356 e. The molecule has 0 spiro atoms. The van der Waals surface area contributed by atoms with Crippen molar-refractivity contribution in [3.8, 4) is 0 Å². The minimum atomic E-state index is 0.222. The number of hydrogen-bond acceptors (Lipinski definition) is 5. The van der Waals surface area contributed by atoms with Gasteiger partial charge in [0.2, 0.25) is 5.91 Å². The second-order valence-electron chi connectivity index (χ2n) is 7.14. The van der Waals surface area contributed by atoms with Crippen LogP contribution in [0.2, 0.25) is 0 Å². The smallest absolute Gasteiger partial charge is 0.220 e. The van der Waals surface area contributed by atoms with Crippen LogP contribution in [0.25, 0.3) is 5.65 Å². The van der Waals surface area contributed by atoms with Gasteiger partial charge in [-0.3, -0.25) is 4.79 Å². The highest BCUT2D eigenvalue weighted by atomic mass is 16.1. The quantitative estimate of drug-likeness (QED) is 0.901. The molecule has 2 aliphatic rings. The molecular formula is C17H24N6O. The first-order valence-corrected chi connectivity index (χ1v) is 8.90. The largest absolute Gasteiger partial charge is 0.356 e. The molecule has 0 radical (unpaired) electrons. The van der Waals surface area contributed by atoms with E-state index in [1.165, 1.54) is 25.7 Å². The Morgan fingerprint density at radius 3 is 2.79 bits per heavy atom. The van der Waals surface area contributed by atoms with Crippen LogP contribution in [0.15, 0.2) is 12.1 Å². The van der Waals surface area contributed by atoms with E-state index < -0.39 is 0 Å². The van der Waals surface area contributed by atoms with E-state index in [1.54, 1.807) is 4.52 Å². The number of amides is 1. The summed E-state index contributed by atoms with van der Waals surface area (Å²) in [7, 11) is 0. The van der Waals surface area contributed by atoms with Crippen molar-refractivity contribution in [2.24, 2.45) is 11.8 Å². The number of aryl methyl sites for hydroxylation is 1. The lowest BCUT2D eigenvalue weighted by Gasteiger charge is -2.40. The molecule has 7 nitrogen and oxygen atoms in total. The Morgan fingerprint density at radius 1 is 1.21 bits per heavy atom. The SMILES string of the molecule is Cc1nnc2ccc(N3CC(CNC(=O)CC4CCCC4)C3)nn12. The normalized spacial score (nSPS) is 19.0. The van der Waals surface area contributed by atoms with Crippen LogP contribution in [0, 0.1) is 18.8 Å². The fourth-order valence-corrected chi connectivity index (χ4v) is 3.75. The Bertz CT molecular complexity index is 730. The van der Waals surface area contributed by atoms with Crippen molar-refractivity contribution in [3.05, 3.63) is 18.0 Å². The van der Waals surface area contributed by atoms with E-state index in [-0.39, 0.29) is 5.91 Å². The Kier molecular flexibility index (Phi) is 4.08. The van der Waals surface area contributed by atoms with Crippen molar-refractivity contribution >= 4 is 17.4 Å². The molecule has 0 bridgehead atoms. The van der Waals surface area contributed by atoms with Gasteiger partial charge in [-0.15, -0.1) is 15.3 Å². The van der Waals surface area contributed by atoms with Crippen LogP contribution in [0.4, 0.5) is 5.82 Å². The number of anilines is 1. The van der Waals surface area contributed by atoms with Crippen molar-refractivity contribution in [2.75, 3.05) is 24.5 Å². The summed E-state index contributed by atoms with van der Waals surface area (Å²) < 4.78 is 1.77. The first kappa shape index (κ1) is 15.4. The third-order valence-electron chi connectivity index (χ3n) is 5.22. The van der Waals surface area contributed by atoms with Gasteiger partial charge in [0.05, 0.1) is 0 Å². The average molecular weight is 328 g/mol. The Balaban J connectivity index is 1.25. The fourth-order valence-electron chi connectivity index (χ4n) is 3.75. The zero-order valence-corrected chi connectivity index (χ0v) is 14.1. The molecule has 1 saturated heterocycles. The van der Waals surface area contributed by atoms with E-state index >= 15 is 0 Å². The van der Waals surface area contributed by atoms with Gasteiger partial charge in [-0.2, -0.15) is 4.52 Å². The van der Waals surface area contributed by atoms with Crippen molar-refractivity contribution in [3.63, 3.8) is 0 Å². The molecule has 2 fully saturated rings. The van der Waals surface area contributed by atoms with E-state index in [2.05, 4.69) is 25.5 Å². The monoisotopic (exact) mass is 328 g/mol. The number of fused-ring (bicyclic) bond motifs is 1. The van der Waals surface area contributed by atoms with Gasteiger partial charge in [0.1, 0.15) is 5.82 Å². The van der Waals surface area contributed by atoms with Crippen molar-refractivity contribution in [1.29, 1.82) is 0 Å². The van der Waals surface area contributed by atoms with Crippen LogP contribution >= 0.6 is 0 Å². The Labute approximate surface area is 141 Å². The summed E-state index contributed by atoms with van der Waals surface area (Å²) in [5.41, 5.74) is 0.771. The lowest BCUT2D eigenvalue weighted by Crippen LogP contribution is -2.52. The molecule has 4 rings (SSSR count). The van der Waals surface area contributed by atoms with Gasteiger partial charge in [0, 0.05) is 32.0 Å². The molecule has 128 valence electrons. The van der Waals surface area contributed by atoms with Gasteiger partial charge in [-0.25, -0.2) is 0 Å². The van der Waals surface area contributed by atoms with E-state index in [0.717, 1.165) is 36.9 Å². The lowest BCUT2D eigenvalue weighted by molar-refractivity contribution is -0.122. The standard InChI is InChI=1S/C17H24N6O/c1-12-19-20-15-6-7-16(21-23(12)15)22-10-14(11-22)9-18-17(24)8-13-4-2-3-5-13/h6-7,13-14H,2-5,8-11H2,1H3,(H,18,24). The molecule has 1 N–H and O–H groups in total. The molecule has 2 aromatic heterocycles. The maximum Gasteiger partial charge on any atom is 0.220 e. The highest BCUT2D eigenvalue weighted by molar-refractivity contribution is 5.76. The number of nitrogens with zero attached hydrogens (tertiary/aromatic N) is 5. The molecule has 1 aliphatic carbocycles. The third kappa shape index (κ3) is 3.07. The molecule has 24 heavy (non-hydrogen) atoms. The van der Waals surface area contributed by atoms with Gasteiger partial charge in [-0.1, -0.05) is 12.8 Å². The summed E-state index contributed by atoms with van der Waals surface area (Å²) in [6, 6.07) is 3.93. The number of carbonyl (C=O) groups excluding carboxylic acids is 1. The summed E-state index contributed by atoms with van der Waals surface area (Å²) in [5.74, 6) is 3.09. The van der Waals surface area contributed by atoms with Crippen LogP contribution in [0.1, 0.15) is 37.9 Å². The Hall–Kier alpha value is -2.18. The van der Waals surface area contributed by atoms with Crippen molar-refractivity contribution in [1.82, 2.24) is 25.1 Å². The molecule has 1 saturated carbocycles. The molecule has 0 atom stereocenters. The maximum atomic E-state index is 12.0. The van der Waals surface area contributed by atoms with E-state index in [1.807, 2.05) is 19.1 Å². The molecular weight excluding hydrogens is 304 g/mol. The fraction of sp³-hybridized carbons (Fsp3) is 0.647.